The highest BCUT2D eigenvalue weighted by molar-refractivity contribution is 5.95. The first-order chi connectivity index (χ1) is 13.1. The van der Waals surface area contributed by atoms with Gasteiger partial charge in [0.25, 0.3) is 5.91 Å². The summed E-state index contributed by atoms with van der Waals surface area (Å²) in [7, 11) is 0. The first kappa shape index (κ1) is 17.3. The van der Waals surface area contributed by atoms with Crippen LogP contribution in [-0.2, 0) is 6.61 Å². The molecule has 1 amide bonds. The number of hydrogen-bond acceptors (Lipinski definition) is 4. The number of rotatable bonds is 5. The number of amides is 1. The van der Waals surface area contributed by atoms with Gasteiger partial charge in [-0.3, -0.25) is 4.79 Å². The third-order valence-corrected chi connectivity index (χ3v) is 4.68. The van der Waals surface area contributed by atoms with Crippen LogP contribution in [0.5, 0.6) is 5.75 Å². The number of aromatic nitrogens is 3. The van der Waals surface area contributed by atoms with Crippen molar-refractivity contribution in [3.8, 4) is 5.75 Å². The molecule has 0 radical (unpaired) electrons. The summed E-state index contributed by atoms with van der Waals surface area (Å²) in [5.41, 5.74) is 3.74. The Morgan fingerprint density at radius 3 is 2.52 bits per heavy atom. The number of carbonyl (C=O) groups is 1. The Labute approximate surface area is 158 Å². The summed E-state index contributed by atoms with van der Waals surface area (Å²) >= 11 is 0. The second-order valence-corrected chi connectivity index (χ2v) is 7.03. The number of aryl methyl sites for hydroxylation is 2. The number of likely N-dealkylation sites (tertiary alicyclic amines) is 1. The summed E-state index contributed by atoms with van der Waals surface area (Å²) in [6, 6.07) is 15.8. The van der Waals surface area contributed by atoms with Crippen molar-refractivity contribution in [3.05, 3.63) is 77.1 Å². The fourth-order valence-electron chi connectivity index (χ4n) is 3.30. The summed E-state index contributed by atoms with van der Waals surface area (Å²) in [5, 5.41) is 8.36. The molecule has 6 heteroatoms. The number of para-hydroxylation sites is 1. The van der Waals surface area contributed by atoms with Gasteiger partial charge < -0.3 is 9.64 Å². The van der Waals surface area contributed by atoms with Crippen molar-refractivity contribution in [1.29, 1.82) is 0 Å². The molecular weight excluding hydrogens is 340 g/mol. The van der Waals surface area contributed by atoms with E-state index in [2.05, 4.69) is 16.4 Å². The quantitative estimate of drug-likeness (QED) is 0.699. The van der Waals surface area contributed by atoms with Crippen molar-refractivity contribution in [2.75, 3.05) is 13.1 Å². The van der Waals surface area contributed by atoms with Gasteiger partial charge in [-0.2, -0.15) is 0 Å². The molecule has 1 aliphatic rings. The SMILES string of the molecule is Cc1cc(C)cc(C(=O)N2CC(n3cc(COc4ccccc4)nn3)C2)c1. The molecule has 1 aromatic heterocycles. The van der Waals surface area contributed by atoms with Crippen LogP contribution in [0.25, 0.3) is 0 Å². The van der Waals surface area contributed by atoms with Gasteiger partial charge in [-0.1, -0.05) is 40.6 Å². The Morgan fingerprint density at radius 1 is 1.11 bits per heavy atom. The molecule has 0 N–H and O–H groups in total. The molecule has 4 rings (SSSR count). The van der Waals surface area contributed by atoms with Gasteiger partial charge in [0, 0.05) is 18.7 Å². The maximum atomic E-state index is 12.6. The van der Waals surface area contributed by atoms with Crippen LogP contribution in [0.3, 0.4) is 0 Å². The molecule has 0 atom stereocenters. The van der Waals surface area contributed by atoms with Crippen molar-refractivity contribution in [1.82, 2.24) is 19.9 Å². The van der Waals surface area contributed by atoms with Crippen molar-refractivity contribution < 1.29 is 9.53 Å². The lowest BCUT2D eigenvalue weighted by molar-refractivity contribution is 0.0498. The minimum absolute atomic E-state index is 0.0748. The zero-order chi connectivity index (χ0) is 18.8. The largest absolute Gasteiger partial charge is 0.487 e. The minimum Gasteiger partial charge on any atom is -0.487 e. The molecule has 1 aliphatic heterocycles. The Bertz CT molecular complexity index is 926. The topological polar surface area (TPSA) is 60.2 Å². The molecule has 27 heavy (non-hydrogen) atoms. The molecule has 3 aromatic rings. The highest BCUT2D eigenvalue weighted by Crippen LogP contribution is 2.23. The molecule has 0 saturated carbocycles. The van der Waals surface area contributed by atoms with E-state index in [4.69, 9.17) is 4.74 Å². The summed E-state index contributed by atoms with van der Waals surface area (Å²) in [6.07, 6.45) is 1.90. The first-order valence-corrected chi connectivity index (χ1v) is 9.04. The Morgan fingerprint density at radius 2 is 1.81 bits per heavy atom. The molecule has 0 spiro atoms. The van der Waals surface area contributed by atoms with Crippen LogP contribution in [0.15, 0.2) is 54.7 Å². The van der Waals surface area contributed by atoms with E-state index in [1.54, 1.807) is 0 Å². The summed E-state index contributed by atoms with van der Waals surface area (Å²) in [4.78, 5) is 14.5. The molecular formula is C21H22N4O2. The molecule has 0 bridgehead atoms. The van der Waals surface area contributed by atoms with Gasteiger partial charge in [0.2, 0.25) is 0 Å². The van der Waals surface area contributed by atoms with Crippen molar-refractivity contribution in [2.24, 2.45) is 0 Å². The molecule has 2 heterocycles. The third-order valence-electron chi connectivity index (χ3n) is 4.68. The van der Waals surface area contributed by atoms with E-state index in [1.165, 1.54) is 0 Å². The fourth-order valence-corrected chi connectivity index (χ4v) is 3.30. The molecule has 0 unspecified atom stereocenters. The van der Waals surface area contributed by atoms with E-state index in [-0.39, 0.29) is 11.9 Å². The summed E-state index contributed by atoms with van der Waals surface area (Å²) < 4.78 is 7.52. The van der Waals surface area contributed by atoms with E-state index in [1.807, 2.05) is 72.1 Å². The van der Waals surface area contributed by atoms with Gasteiger partial charge in [0.1, 0.15) is 18.1 Å². The van der Waals surface area contributed by atoms with E-state index in [9.17, 15) is 4.79 Å². The maximum absolute atomic E-state index is 12.6. The molecule has 6 nitrogen and oxygen atoms in total. The number of hydrogen-bond donors (Lipinski definition) is 0. The van der Waals surface area contributed by atoms with Crippen LogP contribution >= 0.6 is 0 Å². The van der Waals surface area contributed by atoms with Crippen LogP contribution in [-0.4, -0.2) is 38.9 Å². The van der Waals surface area contributed by atoms with Crippen molar-refractivity contribution in [2.45, 2.75) is 26.5 Å². The monoisotopic (exact) mass is 362 g/mol. The predicted molar refractivity (Wildman–Crippen MR) is 102 cm³/mol. The third kappa shape index (κ3) is 3.84. The van der Waals surface area contributed by atoms with Crippen LogP contribution in [0, 0.1) is 13.8 Å². The highest BCUT2D eigenvalue weighted by atomic mass is 16.5. The Kier molecular flexibility index (Phi) is 4.62. The van der Waals surface area contributed by atoms with E-state index >= 15 is 0 Å². The Hall–Kier alpha value is -3.15. The second-order valence-electron chi connectivity index (χ2n) is 7.03. The van der Waals surface area contributed by atoms with Gasteiger partial charge in [-0.25, -0.2) is 4.68 Å². The molecule has 1 saturated heterocycles. The maximum Gasteiger partial charge on any atom is 0.254 e. The number of nitrogens with zero attached hydrogens (tertiary/aromatic N) is 4. The standard InChI is InChI=1S/C21H22N4O2/c1-15-8-16(2)10-17(9-15)21(26)24-12-19(13-24)25-11-18(22-23-25)14-27-20-6-4-3-5-7-20/h3-11,19H,12-14H2,1-2H3. The average Bonchev–Trinajstić information content (AvgIpc) is 3.07. The summed E-state index contributed by atoms with van der Waals surface area (Å²) in [6.45, 7) is 5.69. The minimum atomic E-state index is 0.0748. The van der Waals surface area contributed by atoms with E-state index in [0.29, 0.717) is 19.7 Å². The van der Waals surface area contributed by atoms with E-state index < -0.39 is 0 Å². The summed E-state index contributed by atoms with van der Waals surface area (Å²) in [5.74, 6) is 0.881. The van der Waals surface area contributed by atoms with Crippen molar-refractivity contribution in [3.63, 3.8) is 0 Å². The highest BCUT2D eigenvalue weighted by Gasteiger charge is 2.33. The molecule has 138 valence electrons. The average molecular weight is 362 g/mol. The normalized spacial score (nSPS) is 14.1. The van der Waals surface area contributed by atoms with Gasteiger partial charge in [0.05, 0.1) is 12.2 Å². The zero-order valence-corrected chi connectivity index (χ0v) is 15.5. The Balaban J connectivity index is 1.33. The number of benzene rings is 2. The molecule has 2 aromatic carbocycles. The zero-order valence-electron chi connectivity index (χ0n) is 15.5. The van der Waals surface area contributed by atoms with Crippen LogP contribution < -0.4 is 4.74 Å². The van der Waals surface area contributed by atoms with Gasteiger partial charge in [-0.05, 0) is 38.1 Å². The lowest BCUT2D eigenvalue weighted by atomic mass is 10.0. The first-order valence-electron chi connectivity index (χ1n) is 9.04. The van der Waals surface area contributed by atoms with Crippen LogP contribution in [0.4, 0.5) is 0 Å². The van der Waals surface area contributed by atoms with Crippen molar-refractivity contribution >= 4 is 5.91 Å². The number of ether oxygens (including phenoxy) is 1. The van der Waals surface area contributed by atoms with Crippen LogP contribution in [0.1, 0.15) is 33.2 Å². The van der Waals surface area contributed by atoms with Crippen LogP contribution in [0.2, 0.25) is 0 Å². The predicted octanol–water partition coefficient (Wildman–Crippen LogP) is 3.17. The fraction of sp³-hybridized carbons (Fsp3) is 0.286. The van der Waals surface area contributed by atoms with Gasteiger partial charge in [0.15, 0.2) is 0 Å². The molecule has 1 fully saturated rings. The van der Waals surface area contributed by atoms with Gasteiger partial charge in [-0.15, -0.1) is 5.10 Å². The number of carbonyl (C=O) groups excluding carboxylic acids is 1. The molecule has 0 aliphatic carbocycles. The lowest BCUT2D eigenvalue weighted by Crippen LogP contribution is -2.50. The lowest BCUT2D eigenvalue weighted by Gasteiger charge is -2.39. The second kappa shape index (κ2) is 7.23. The van der Waals surface area contributed by atoms with E-state index in [0.717, 1.165) is 28.1 Å². The smallest absolute Gasteiger partial charge is 0.254 e. The van der Waals surface area contributed by atoms with Gasteiger partial charge >= 0.3 is 0 Å².